The van der Waals surface area contributed by atoms with Gasteiger partial charge in [0.2, 0.25) is 5.56 Å². The monoisotopic (exact) mass is 421 g/mol. The van der Waals surface area contributed by atoms with Crippen LogP contribution in [0, 0.1) is 0 Å². The number of carbonyl (C=O) groups is 1. The molecule has 1 aromatic carbocycles. The standard InChI is InChI=1S/C25H31N3O3/c29-24-7-5-20(17-26-24)25(30)28-14-10-22(11-15-28)31-23-6-4-18-8-12-27(21-2-1-3-21)13-9-19(18)16-23/h4-7,16-17,21-22H,1-3,8-15H2,(H,26,29). The zero-order chi connectivity index (χ0) is 21.2. The fourth-order valence-corrected chi connectivity index (χ4v) is 5.00. The van der Waals surface area contributed by atoms with E-state index >= 15 is 0 Å². The third-order valence-corrected chi connectivity index (χ3v) is 7.17. The van der Waals surface area contributed by atoms with Crippen molar-refractivity contribution in [2.75, 3.05) is 26.2 Å². The van der Waals surface area contributed by atoms with E-state index in [1.54, 1.807) is 6.07 Å². The van der Waals surface area contributed by atoms with E-state index in [4.69, 9.17) is 4.74 Å². The molecule has 1 aliphatic carbocycles. The van der Waals surface area contributed by atoms with Crippen LogP contribution in [-0.4, -0.2) is 59.0 Å². The van der Waals surface area contributed by atoms with Gasteiger partial charge in [-0.15, -0.1) is 0 Å². The average Bonchev–Trinajstić information content (AvgIpc) is 2.96. The second-order valence-corrected chi connectivity index (χ2v) is 9.10. The lowest BCUT2D eigenvalue weighted by molar-refractivity contribution is 0.0595. The van der Waals surface area contributed by atoms with Gasteiger partial charge in [0.15, 0.2) is 0 Å². The smallest absolute Gasteiger partial charge is 0.255 e. The lowest BCUT2D eigenvalue weighted by atomic mass is 9.91. The Balaban J connectivity index is 1.16. The van der Waals surface area contributed by atoms with Gasteiger partial charge in [-0.1, -0.05) is 12.5 Å². The molecule has 1 saturated carbocycles. The molecule has 6 heteroatoms. The first-order valence-corrected chi connectivity index (χ1v) is 11.7. The SMILES string of the molecule is O=C(c1ccc(=O)[nH]c1)N1CCC(Oc2ccc3c(c2)CCN(C2CCC2)CC3)CC1. The molecule has 5 rings (SSSR count). The molecule has 164 valence electrons. The van der Waals surface area contributed by atoms with Crippen molar-refractivity contribution in [1.29, 1.82) is 0 Å². The van der Waals surface area contributed by atoms with Gasteiger partial charge < -0.3 is 14.6 Å². The fourth-order valence-electron chi connectivity index (χ4n) is 5.00. The third-order valence-electron chi connectivity index (χ3n) is 7.17. The summed E-state index contributed by atoms with van der Waals surface area (Å²) >= 11 is 0. The number of aromatic amines is 1. The van der Waals surface area contributed by atoms with E-state index in [1.165, 1.54) is 49.2 Å². The number of H-pyrrole nitrogens is 1. The topological polar surface area (TPSA) is 65.6 Å². The number of ether oxygens (including phenoxy) is 1. The summed E-state index contributed by atoms with van der Waals surface area (Å²) in [5.74, 6) is 0.928. The minimum absolute atomic E-state index is 0.0317. The van der Waals surface area contributed by atoms with Crippen LogP contribution in [0.3, 0.4) is 0 Å². The molecule has 2 aromatic rings. The molecule has 3 heterocycles. The quantitative estimate of drug-likeness (QED) is 0.824. The van der Waals surface area contributed by atoms with Crippen molar-refractivity contribution >= 4 is 5.91 Å². The first-order chi connectivity index (χ1) is 15.2. The first kappa shape index (κ1) is 20.3. The highest BCUT2D eigenvalue weighted by Crippen LogP contribution is 2.29. The molecule has 0 bridgehead atoms. The van der Waals surface area contributed by atoms with Crippen LogP contribution in [0.5, 0.6) is 5.75 Å². The van der Waals surface area contributed by atoms with Gasteiger partial charge in [-0.05, 0) is 55.0 Å². The molecule has 1 N–H and O–H groups in total. The van der Waals surface area contributed by atoms with E-state index in [0.717, 1.165) is 44.0 Å². The number of nitrogens with one attached hydrogen (secondary N) is 1. The van der Waals surface area contributed by atoms with Crippen molar-refractivity contribution in [2.24, 2.45) is 0 Å². The van der Waals surface area contributed by atoms with Crippen molar-refractivity contribution in [3.8, 4) is 5.75 Å². The van der Waals surface area contributed by atoms with Crippen LogP contribution in [-0.2, 0) is 12.8 Å². The van der Waals surface area contributed by atoms with E-state index in [2.05, 4.69) is 28.1 Å². The maximum Gasteiger partial charge on any atom is 0.255 e. The summed E-state index contributed by atoms with van der Waals surface area (Å²) in [6.07, 6.45) is 9.64. The van der Waals surface area contributed by atoms with E-state index in [9.17, 15) is 9.59 Å². The summed E-state index contributed by atoms with van der Waals surface area (Å²) < 4.78 is 6.32. The number of piperidine rings is 1. The van der Waals surface area contributed by atoms with Crippen molar-refractivity contribution in [2.45, 2.75) is 57.1 Å². The summed E-state index contributed by atoms with van der Waals surface area (Å²) in [6, 6.07) is 10.4. The molecule has 0 radical (unpaired) electrons. The molecule has 6 nitrogen and oxygen atoms in total. The largest absolute Gasteiger partial charge is 0.490 e. The number of rotatable bonds is 4. The summed E-state index contributed by atoms with van der Waals surface area (Å²) in [5.41, 5.74) is 3.24. The number of carbonyl (C=O) groups excluding carboxylic acids is 1. The molecule has 1 amide bonds. The lowest BCUT2D eigenvalue weighted by Crippen LogP contribution is -2.41. The summed E-state index contributed by atoms with van der Waals surface area (Å²) in [5, 5.41) is 0. The number of hydrogen-bond acceptors (Lipinski definition) is 4. The number of amides is 1. The molecule has 1 aromatic heterocycles. The van der Waals surface area contributed by atoms with Gasteiger partial charge in [-0.3, -0.25) is 14.5 Å². The number of aromatic nitrogens is 1. The van der Waals surface area contributed by atoms with Crippen LogP contribution in [0.15, 0.2) is 41.3 Å². The van der Waals surface area contributed by atoms with Gasteiger partial charge >= 0.3 is 0 Å². The van der Waals surface area contributed by atoms with Crippen molar-refractivity contribution in [1.82, 2.24) is 14.8 Å². The number of likely N-dealkylation sites (tertiary alicyclic amines) is 1. The number of nitrogens with zero attached hydrogens (tertiary/aromatic N) is 2. The highest BCUT2D eigenvalue weighted by atomic mass is 16.5. The van der Waals surface area contributed by atoms with E-state index < -0.39 is 0 Å². The second-order valence-electron chi connectivity index (χ2n) is 9.10. The van der Waals surface area contributed by atoms with Gasteiger partial charge in [0, 0.05) is 57.3 Å². The summed E-state index contributed by atoms with van der Waals surface area (Å²) in [7, 11) is 0. The zero-order valence-electron chi connectivity index (χ0n) is 18.0. The van der Waals surface area contributed by atoms with Crippen LogP contribution in [0.25, 0.3) is 0 Å². The molecular weight excluding hydrogens is 390 g/mol. The van der Waals surface area contributed by atoms with Crippen molar-refractivity contribution in [3.63, 3.8) is 0 Å². The van der Waals surface area contributed by atoms with E-state index in [-0.39, 0.29) is 17.6 Å². The Morgan fingerprint density at radius 1 is 0.935 bits per heavy atom. The van der Waals surface area contributed by atoms with Gasteiger partial charge in [-0.2, -0.15) is 0 Å². The molecule has 2 fully saturated rings. The Kier molecular flexibility index (Phi) is 5.81. The van der Waals surface area contributed by atoms with E-state index in [0.29, 0.717) is 18.7 Å². The highest BCUT2D eigenvalue weighted by molar-refractivity contribution is 5.93. The number of pyridine rings is 1. The van der Waals surface area contributed by atoms with Crippen LogP contribution < -0.4 is 10.3 Å². The molecule has 2 aliphatic heterocycles. The van der Waals surface area contributed by atoms with Crippen LogP contribution in [0.2, 0.25) is 0 Å². The molecular formula is C25H31N3O3. The van der Waals surface area contributed by atoms with Gasteiger partial charge in [0.25, 0.3) is 5.91 Å². The van der Waals surface area contributed by atoms with Crippen molar-refractivity contribution in [3.05, 3.63) is 63.6 Å². The normalized spacial score (nSPS) is 20.6. The Morgan fingerprint density at radius 3 is 2.39 bits per heavy atom. The zero-order valence-corrected chi connectivity index (χ0v) is 18.0. The predicted molar refractivity (Wildman–Crippen MR) is 120 cm³/mol. The maximum absolute atomic E-state index is 12.6. The Hall–Kier alpha value is -2.60. The minimum Gasteiger partial charge on any atom is -0.490 e. The van der Waals surface area contributed by atoms with Gasteiger partial charge in [-0.25, -0.2) is 0 Å². The molecule has 1 saturated heterocycles. The second kappa shape index (κ2) is 8.87. The maximum atomic E-state index is 12.6. The average molecular weight is 422 g/mol. The summed E-state index contributed by atoms with van der Waals surface area (Å²) in [4.78, 5) is 30.9. The summed E-state index contributed by atoms with van der Waals surface area (Å²) in [6.45, 7) is 3.68. The fraction of sp³-hybridized carbons (Fsp3) is 0.520. The predicted octanol–water partition coefficient (Wildman–Crippen LogP) is 3.01. The molecule has 31 heavy (non-hydrogen) atoms. The molecule has 0 unspecified atom stereocenters. The molecule has 0 spiro atoms. The van der Waals surface area contributed by atoms with Gasteiger partial charge in [0.1, 0.15) is 11.9 Å². The number of benzene rings is 1. The number of fused-ring (bicyclic) bond motifs is 1. The van der Waals surface area contributed by atoms with Gasteiger partial charge in [0.05, 0.1) is 5.56 Å². The third kappa shape index (κ3) is 4.54. The van der Waals surface area contributed by atoms with E-state index in [1.807, 2.05) is 4.90 Å². The Morgan fingerprint density at radius 2 is 1.71 bits per heavy atom. The Labute approximate surface area is 183 Å². The van der Waals surface area contributed by atoms with Crippen LogP contribution in [0.4, 0.5) is 0 Å². The Bertz CT molecular complexity index is 969. The highest BCUT2D eigenvalue weighted by Gasteiger charge is 2.27. The van der Waals surface area contributed by atoms with Crippen LogP contribution >= 0.6 is 0 Å². The minimum atomic E-state index is -0.194. The first-order valence-electron chi connectivity index (χ1n) is 11.7. The van der Waals surface area contributed by atoms with Crippen LogP contribution in [0.1, 0.15) is 53.6 Å². The molecule has 0 atom stereocenters. The van der Waals surface area contributed by atoms with Crippen molar-refractivity contribution < 1.29 is 9.53 Å². The lowest BCUT2D eigenvalue weighted by Gasteiger charge is -2.36. The number of hydrogen-bond donors (Lipinski definition) is 1. The molecule has 3 aliphatic rings.